The predicted octanol–water partition coefficient (Wildman–Crippen LogP) is 1.36. The van der Waals surface area contributed by atoms with Crippen LogP contribution in [0, 0.1) is 25.7 Å². The van der Waals surface area contributed by atoms with E-state index in [0.29, 0.717) is 42.3 Å². The maximum absolute atomic E-state index is 13.4. The highest BCUT2D eigenvalue weighted by Gasteiger charge is 2.50. The van der Waals surface area contributed by atoms with Crippen molar-refractivity contribution in [2.24, 2.45) is 11.8 Å². The SMILES string of the molecule is Cc1cc(=O)oc(C)c1C(=O)N1C[C@H]2C[C@@H](C1)[C@H](CN(C)C)N1C(=O)CCC[C@@H]21.O=CO. The van der Waals surface area contributed by atoms with Crippen LogP contribution in [0.3, 0.4) is 0 Å². The zero-order valence-electron chi connectivity index (χ0n) is 19.2. The highest BCUT2D eigenvalue weighted by Crippen LogP contribution is 2.42. The van der Waals surface area contributed by atoms with Crippen molar-refractivity contribution in [2.75, 3.05) is 33.7 Å². The van der Waals surface area contributed by atoms with Crippen molar-refractivity contribution >= 4 is 18.3 Å². The Labute approximate surface area is 188 Å². The van der Waals surface area contributed by atoms with Crippen molar-refractivity contribution in [2.45, 2.75) is 51.6 Å². The first kappa shape index (κ1) is 24.0. The second kappa shape index (κ2) is 9.85. The molecular formula is C23H33N3O6. The van der Waals surface area contributed by atoms with Gasteiger partial charge in [-0.25, -0.2) is 4.79 Å². The van der Waals surface area contributed by atoms with Gasteiger partial charge in [0.1, 0.15) is 5.76 Å². The Morgan fingerprint density at radius 2 is 1.91 bits per heavy atom. The lowest BCUT2D eigenvalue weighted by Crippen LogP contribution is -2.67. The average Bonchev–Trinajstić information content (AvgIpc) is 2.70. The minimum Gasteiger partial charge on any atom is -0.483 e. The quantitative estimate of drug-likeness (QED) is 0.697. The van der Waals surface area contributed by atoms with Crippen LogP contribution in [0.1, 0.15) is 47.4 Å². The molecule has 0 saturated carbocycles. The highest BCUT2D eigenvalue weighted by atomic mass is 16.4. The number of fused-ring (bicyclic) bond motifs is 4. The number of aryl methyl sites for hydroxylation is 2. The molecule has 4 rings (SSSR count). The van der Waals surface area contributed by atoms with Crippen LogP contribution in [0.15, 0.2) is 15.3 Å². The molecule has 32 heavy (non-hydrogen) atoms. The van der Waals surface area contributed by atoms with Gasteiger partial charge in [0.05, 0.1) is 5.56 Å². The zero-order chi connectivity index (χ0) is 23.6. The van der Waals surface area contributed by atoms with Gasteiger partial charge in [0.15, 0.2) is 0 Å². The van der Waals surface area contributed by atoms with Gasteiger partial charge >= 0.3 is 5.63 Å². The molecule has 3 saturated heterocycles. The van der Waals surface area contributed by atoms with E-state index in [2.05, 4.69) is 9.80 Å². The number of hydrogen-bond donors (Lipinski definition) is 1. The fraction of sp³-hybridized carbons (Fsp3) is 0.652. The lowest BCUT2D eigenvalue weighted by molar-refractivity contribution is -0.152. The molecule has 2 bridgehead atoms. The smallest absolute Gasteiger partial charge is 0.336 e. The molecule has 1 N–H and O–H groups in total. The molecule has 9 heteroatoms. The largest absolute Gasteiger partial charge is 0.483 e. The molecule has 3 fully saturated rings. The van der Waals surface area contributed by atoms with Crippen LogP contribution in [0.2, 0.25) is 0 Å². The second-order valence-corrected chi connectivity index (χ2v) is 9.34. The summed E-state index contributed by atoms with van der Waals surface area (Å²) in [4.78, 5) is 52.4. The van der Waals surface area contributed by atoms with Crippen LogP contribution < -0.4 is 5.63 Å². The monoisotopic (exact) mass is 447 g/mol. The molecule has 176 valence electrons. The third-order valence-electron chi connectivity index (χ3n) is 6.88. The molecule has 3 aliphatic heterocycles. The minimum atomic E-state index is -0.422. The molecule has 0 aliphatic carbocycles. The number of nitrogens with zero attached hydrogens (tertiary/aromatic N) is 3. The van der Waals surface area contributed by atoms with Crippen molar-refractivity contribution < 1.29 is 23.9 Å². The summed E-state index contributed by atoms with van der Waals surface area (Å²) < 4.78 is 5.21. The summed E-state index contributed by atoms with van der Waals surface area (Å²) in [7, 11) is 4.08. The summed E-state index contributed by atoms with van der Waals surface area (Å²) in [6, 6.07) is 1.76. The standard InChI is InChI=1S/C22H31N3O4.CH2O2/c1-13-8-20(27)29-14(2)21(13)22(28)24-10-15-9-16(11-24)18(12-23(3)4)25-17(15)6-5-7-19(25)26;2-1-3/h8,15-18H,5-7,9-12H2,1-4H3;1H,(H,2,3)/t15-,16+,17+,18+;/m1./s1. The molecule has 4 heterocycles. The number of likely N-dealkylation sites (N-methyl/N-ethyl adjacent to an activating group) is 1. The molecule has 4 atom stereocenters. The Morgan fingerprint density at radius 3 is 2.53 bits per heavy atom. The number of amides is 2. The Morgan fingerprint density at radius 1 is 1.25 bits per heavy atom. The van der Waals surface area contributed by atoms with Gasteiger partial charge in [-0.3, -0.25) is 14.4 Å². The lowest BCUT2D eigenvalue weighted by atomic mass is 9.71. The van der Waals surface area contributed by atoms with Gasteiger partial charge in [-0.2, -0.15) is 0 Å². The number of carbonyl (C=O) groups excluding carboxylic acids is 2. The van der Waals surface area contributed by atoms with Crippen LogP contribution in [-0.4, -0.2) is 83.9 Å². The Hall–Kier alpha value is -2.68. The summed E-state index contributed by atoms with van der Waals surface area (Å²) in [5.41, 5.74) is 0.749. The third kappa shape index (κ3) is 4.72. The average molecular weight is 448 g/mol. The Bertz CT molecular complexity index is 901. The van der Waals surface area contributed by atoms with Crippen LogP contribution >= 0.6 is 0 Å². The molecule has 0 radical (unpaired) electrons. The third-order valence-corrected chi connectivity index (χ3v) is 6.88. The van der Waals surface area contributed by atoms with Crippen molar-refractivity contribution in [3.05, 3.63) is 33.4 Å². The maximum atomic E-state index is 13.4. The van der Waals surface area contributed by atoms with Crippen molar-refractivity contribution in [3.63, 3.8) is 0 Å². The molecule has 0 spiro atoms. The number of piperidine rings is 3. The molecule has 0 aromatic carbocycles. The van der Waals surface area contributed by atoms with E-state index >= 15 is 0 Å². The van der Waals surface area contributed by atoms with Gasteiger partial charge in [0, 0.05) is 44.2 Å². The molecule has 1 aromatic heterocycles. The Kier molecular flexibility index (Phi) is 7.38. The van der Waals surface area contributed by atoms with E-state index in [1.165, 1.54) is 6.07 Å². The van der Waals surface area contributed by atoms with E-state index in [-0.39, 0.29) is 36.3 Å². The predicted molar refractivity (Wildman–Crippen MR) is 117 cm³/mol. The van der Waals surface area contributed by atoms with Crippen LogP contribution in [0.4, 0.5) is 0 Å². The van der Waals surface area contributed by atoms with Crippen LogP contribution in [-0.2, 0) is 9.59 Å². The summed E-state index contributed by atoms with van der Waals surface area (Å²) in [5, 5.41) is 6.89. The first-order chi connectivity index (χ1) is 15.2. The summed E-state index contributed by atoms with van der Waals surface area (Å²) >= 11 is 0. The van der Waals surface area contributed by atoms with Crippen molar-refractivity contribution in [1.29, 1.82) is 0 Å². The molecule has 1 aromatic rings. The molecule has 3 aliphatic rings. The first-order valence-electron chi connectivity index (χ1n) is 11.1. The van der Waals surface area contributed by atoms with Crippen molar-refractivity contribution in [1.82, 2.24) is 14.7 Å². The van der Waals surface area contributed by atoms with Crippen LogP contribution in [0.5, 0.6) is 0 Å². The van der Waals surface area contributed by atoms with Gasteiger partial charge in [0.25, 0.3) is 12.4 Å². The van der Waals surface area contributed by atoms with E-state index < -0.39 is 5.63 Å². The fourth-order valence-corrected chi connectivity index (χ4v) is 5.78. The van der Waals surface area contributed by atoms with Gasteiger partial charge in [-0.15, -0.1) is 0 Å². The summed E-state index contributed by atoms with van der Waals surface area (Å²) in [6.07, 6.45) is 3.67. The van der Waals surface area contributed by atoms with E-state index in [0.717, 1.165) is 25.8 Å². The molecular weight excluding hydrogens is 414 g/mol. The van der Waals surface area contributed by atoms with Gasteiger partial charge < -0.3 is 24.2 Å². The number of carbonyl (C=O) groups is 3. The summed E-state index contributed by atoms with van der Waals surface area (Å²) in [6.45, 7) is 5.35. The van der Waals surface area contributed by atoms with Crippen LogP contribution in [0.25, 0.3) is 0 Å². The van der Waals surface area contributed by atoms with E-state index in [9.17, 15) is 14.4 Å². The van der Waals surface area contributed by atoms with Gasteiger partial charge in [-0.1, -0.05) is 0 Å². The first-order valence-corrected chi connectivity index (χ1v) is 11.1. The minimum absolute atomic E-state index is 0.0577. The van der Waals surface area contributed by atoms with E-state index in [4.69, 9.17) is 14.3 Å². The van der Waals surface area contributed by atoms with E-state index in [1.54, 1.807) is 13.8 Å². The number of hydrogen-bond acceptors (Lipinski definition) is 6. The normalized spacial score (nSPS) is 26.8. The second-order valence-electron chi connectivity index (χ2n) is 9.34. The molecule has 0 unspecified atom stereocenters. The maximum Gasteiger partial charge on any atom is 0.336 e. The van der Waals surface area contributed by atoms with Crippen molar-refractivity contribution in [3.8, 4) is 0 Å². The topological polar surface area (TPSA) is 111 Å². The van der Waals surface area contributed by atoms with Gasteiger partial charge in [0.2, 0.25) is 5.91 Å². The molecule has 9 nitrogen and oxygen atoms in total. The number of likely N-dealkylation sites (tertiary alicyclic amines) is 1. The highest BCUT2D eigenvalue weighted by molar-refractivity contribution is 5.96. The van der Waals surface area contributed by atoms with Gasteiger partial charge in [-0.05, 0) is 64.6 Å². The zero-order valence-corrected chi connectivity index (χ0v) is 19.2. The Balaban J connectivity index is 0.000000913. The van der Waals surface area contributed by atoms with E-state index in [1.807, 2.05) is 19.0 Å². The number of carboxylic acid groups (broad SMARTS) is 1. The lowest BCUT2D eigenvalue weighted by Gasteiger charge is -2.57. The fourth-order valence-electron chi connectivity index (χ4n) is 5.78. The molecule has 2 amide bonds. The number of rotatable bonds is 3. The summed E-state index contributed by atoms with van der Waals surface area (Å²) in [5.74, 6) is 1.19.